The number of ether oxygens (including phenoxy) is 1. The molecule has 1 aliphatic heterocycles. The van der Waals surface area contributed by atoms with Gasteiger partial charge in [0.05, 0.1) is 5.60 Å². The molecule has 1 atom stereocenters. The molecule has 1 saturated heterocycles. The summed E-state index contributed by atoms with van der Waals surface area (Å²) in [5.41, 5.74) is -0.148. The molecule has 0 bridgehead atoms. The number of nitrogens with zero attached hydrogens (tertiary/aromatic N) is 1. The normalized spacial score (nSPS) is 27.8. The molecule has 0 aliphatic carbocycles. The molecule has 0 aromatic carbocycles. The average molecular weight is 217 g/mol. The van der Waals surface area contributed by atoms with E-state index in [2.05, 4.69) is 19.6 Å². The zero-order valence-electron chi connectivity index (χ0n) is 8.95. The minimum absolute atomic E-state index is 0.148. The first-order valence-corrected chi connectivity index (χ1v) is 5.68. The third kappa shape index (κ3) is 2.89. The number of hydrogen-bond acceptors (Lipinski definition) is 3. The van der Waals surface area contributed by atoms with Gasteiger partial charge in [-0.1, -0.05) is 0 Å². The van der Waals surface area contributed by atoms with Crippen molar-refractivity contribution in [2.45, 2.75) is 31.8 Å². The summed E-state index contributed by atoms with van der Waals surface area (Å²) in [6, 6.07) is 0. The highest BCUT2D eigenvalue weighted by Gasteiger charge is 2.32. The van der Waals surface area contributed by atoms with E-state index in [1.807, 2.05) is 4.90 Å². The first-order valence-electron chi connectivity index (χ1n) is 5.05. The van der Waals surface area contributed by atoms with E-state index < -0.39 is 0 Å². The summed E-state index contributed by atoms with van der Waals surface area (Å²) in [6.45, 7) is 3.65. The van der Waals surface area contributed by atoms with Gasteiger partial charge in [-0.2, -0.15) is 12.6 Å². The molecule has 4 heteroatoms. The van der Waals surface area contributed by atoms with E-state index in [1.165, 1.54) is 0 Å². The van der Waals surface area contributed by atoms with Gasteiger partial charge < -0.3 is 9.64 Å². The van der Waals surface area contributed by atoms with E-state index in [0.29, 0.717) is 12.2 Å². The number of piperidine rings is 1. The van der Waals surface area contributed by atoms with Crippen LogP contribution in [0, 0.1) is 0 Å². The van der Waals surface area contributed by atoms with E-state index in [0.717, 1.165) is 25.9 Å². The van der Waals surface area contributed by atoms with Crippen LogP contribution in [0.3, 0.4) is 0 Å². The van der Waals surface area contributed by atoms with E-state index in [9.17, 15) is 4.79 Å². The third-order valence-corrected chi connectivity index (χ3v) is 3.05. The van der Waals surface area contributed by atoms with Gasteiger partial charge in [0.15, 0.2) is 0 Å². The van der Waals surface area contributed by atoms with E-state index in [-0.39, 0.29) is 11.5 Å². The van der Waals surface area contributed by atoms with Crippen molar-refractivity contribution in [2.75, 3.05) is 26.0 Å². The molecule has 0 spiro atoms. The van der Waals surface area contributed by atoms with Crippen LogP contribution in [-0.4, -0.2) is 42.4 Å². The molecule has 1 rings (SSSR count). The third-order valence-electron chi connectivity index (χ3n) is 2.83. The predicted molar refractivity (Wildman–Crippen MR) is 59.7 cm³/mol. The number of methoxy groups -OCH3 is 1. The Morgan fingerprint density at radius 2 is 2.36 bits per heavy atom. The van der Waals surface area contributed by atoms with Crippen molar-refractivity contribution in [2.24, 2.45) is 0 Å². The Morgan fingerprint density at radius 3 is 2.93 bits per heavy atom. The molecular formula is C10H19NO2S. The molecule has 1 amide bonds. The van der Waals surface area contributed by atoms with Gasteiger partial charge in [-0.15, -0.1) is 0 Å². The fourth-order valence-electron chi connectivity index (χ4n) is 1.84. The maximum Gasteiger partial charge on any atom is 0.223 e. The molecule has 1 heterocycles. The number of thiol groups is 1. The zero-order valence-corrected chi connectivity index (χ0v) is 9.85. The Labute approximate surface area is 91.2 Å². The molecule has 82 valence electrons. The number of likely N-dealkylation sites (tertiary alicyclic amines) is 1. The van der Waals surface area contributed by atoms with Crippen LogP contribution in [0.15, 0.2) is 0 Å². The Bertz CT molecular complexity index is 210. The summed E-state index contributed by atoms with van der Waals surface area (Å²) in [5, 5.41) is 0. The molecule has 3 nitrogen and oxygen atoms in total. The molecule has 0 aromatic heterocycles. The number of hydrogen-bond donors (Lipinski definition) is 1. The summed E-state index contributed by atoms with van der Waals surface area (Å²) in [5.74, 6) is 0.821. The molecule has 0 radical (unpaired) electrons. The van der Waals surface area contributed by atoms with Gasteiger partial charge in [0, 0.05) is 26.6 Å². The highest BCUT2D eigenvalue weighted by Crippen LogP contribution is 2.24. The smallest absolute Gasteiger partial charge is 0.223 e. The molecule has 0 aromatic rings. The van der Waals surface area contributed by atoms with Crippen molar-refractivity contribution in [1.82, 2.24) is 4.90 Å². The van der Waals surface area contributed by atoms with Crippen molar-refractivity contribution in [3.05, 3.63) is 0 Å². The fraction of sp³-hybridized carbons (Fsp3) is 0.900. The second kappa shape index (κ2) is 5.03. The Morgan fingerprint density at radius 1 is 1.64 bits per heavy atom. The summed E-state index contributed by atoms with van der Waals surface area (Å²) in [6.07, 6.45) is 2.60. The summed E-state index contributed by atoms with van der Waals surface area (Å²) in [4.78, 5) is 13.5. The lowest BCUT2D eigenvalue weighted by Gasteiger charge is -2.39. The van der Waals surface area contributed by atoms with Crippen molar-refractivity contribution in [3.63, 3.8) is 0 Å². The summed E-state index contributed by atoms with van der Waals surface area (Å²) in [7, 11) is 1.71. The monoisotopic (exact) mass is 217 g/mol. The minimum atomic E-state index is -0.148. The van der Waals surface area contributed by atoms with Crippen LogP contribution in [0.2, 0.25) is 0 Å². The maximum atomic E-state index is 11.6. The molecular weight excluding hydrogens is 198 g/mol. The lowest BCUT2D eigenvalue weighted by atomic mass is 9.94. The van der Waals surface area contributed by atoms with Crippen molar-refractivity contribution in [1.29, 1.82) is 0 Å². The van der Waals surface area contributed by atoms with Crippen LogP contribution >= 0.6 is 12.6 Å². The van der Waals surface area contributed by atoms with Crippen LogP contribution in [0.4, 0.5) is 0 Å². The number of carbonyl (C=O) groups excluding carboxylic acids is 1. The maximum absolute atomic E-state index is 11.6. The zero-order chi connectivity index (χ0) is 10.6. The fourth-order valence-corrected chi connectivity index (χ4v) is 2.03. The number of amides is 1. The molecule has 14 heavy (non-hydrogen) atoms. The van der Waals surface area contributed by atoms with Crippen LogP contribution in [-0.2, 0) is 9.53 Å². The van der Waals surface area contributed by atoms with Crippen molar-refractivity contribution >= 4 is 18.5 Å². The highest BCUT2D eigenvalue weighted by molar-refractivity contribution is 7.80. The van der Waals surface area contributed by atoms with E-state index in [4.69, 9.17) is 4.74 Å². The van der Waals surface area contributed by atoms with E-state index in [1.54, 1.807) is 7.11 Å². The second-order valence-electron chi connectivity index (χ2n) is 4.05. The molecule has 1 fully saturated rings. The lowest BCUT2D eigenvalue weighted by Crippen LogP contribution is -2.49. The van der Waals surface area contributed by atoms with Crippen LogP contribution in [0.25, 0.3) is 0 Å². The average Bonchev–Trinajstić information content (AvgIpc) is 2.18. The number of carbonyl (C=O) groups is 1. The predicted octanol–water partition coefficient (Wildman–Crippen LogP) is 1.33. The first-order chi connectivity index (χ1) is 6.61. The Balaban J connectivity index is 2.51. The summed E-state index contributed by atoms with van der Waals surface area (Å²) >= 11 is 4.07. The SMILES string of the molecule is COC1(C)CCCN(C(=O)CCS)C1. The molecule has 1 unspecified atom stereocenters. The minimum Gasteiger partial charge on any atom is -0.377 e. The Hall–Kier alpha value is -0.220. The highest BCUT2D eigenvalue weighted by atomic mass is 32.1. The lowest BCUT2D eigenvalue weighted by molar-refractivity contribution is -0.138. The first kappa shape index (κ1) is 11.9. The quantitative estimate of drug-likeness (QED) is 0.723. The van der Waals surface area contributed by atoms with Crippen molar-refractivity contribution in [3.8, 4) is 0 Å². The Kier molecular flexibility index (Phi) is 4.26. The van der Waals surface area contributed by atoms with Gasteiger partial charge >= 0.3 is 0 Å². The van der Waals surface area contributed by atoms with Gasteiger partial charge in [0.25, 0.3) is 0 Å². The molecule has 0 saturated carbocycles. The number of rotatable bonds is 3. The van der Waals surface area contributed by atoms with Gasteiger partial charge in [-0.05, 0) is 25.5 Å². The summed E-state index contributed by atoms with van der Waals surface area (Å²) < 4.78 is 5.42. The second-order valence-corrected chi connectivity index (χ2v) is 4.49. The molecule has 1 aliphatic rings. The van der Waals surface area contributed by atoms with Crippen LogP contribution in [0.1, 0.15) is 26.2 Å². The van der Waals surface area contributed by atoms with Crippen LogP contribution < -0.4 is 0 Å². The van der Waals surface area contributed by atoms with Gasteiger partial charge in [-0.3, -0.25) is 4.79 Å². The van der Waals surface area contributed by atoms with Gasteiger partial charge in [0.2, 0.25) is 5.91 Å². The largest absolute Gasteiger partial charge is 0.377 e. The van der Waals surface area contributed by atoms with Crippen LogP contribution in [0.5, 0.6) is 0 Å². The van der Waals surface area contributed by atoms with Gasteiger partial charge in [-0.25, -0.2) is 0 Å². The standard InChI is InChI=1S/C10H19NO2S/c1-10(13-2)5-3-6-11(8-10)9(12)4-7-14/h14H,3-8H2,1-2H3. The topological polar surface area (TPSA) is 29.5 Å². The van der Waals surface area contributed by atoms with Gasteiger partial charge in [0.1, 0.15) is 0 Å². The van der Waals surface area contributed by atoms with E-state index >= 15 is 0 Å². The molecule has 0 N–H and O–H groups in total. The van der Waals surface area contributed by atoms with Crippen molar-refractivity contribution < 1.29 is 9.53 Å².